The summed E-state index contributed by atoms with van der Waals surface area (Å²) in [7, 11) is 0. The molecule has 0 aliphatic carbocycles. The van der Waals surface area contributed by atoms with E-state index in [0.29, 0.717) is 19.3 Å². The minimum absolute atomic E-state index is 0.0753. The predicted octanol–water partition coefficient (Wildman–Crippen LogP) is 17.7. The molecular formula is C56H102O6. The molecule has 0 spiro atoms. The molecular weight excluding hydrogens is 769 g/mol. The van der Waals surface area contributed by atoms with Gasteiger partial charge < -0.3 is 14.2 Å². The van der Waals surface area contributed by atoms with Gasteiger partial charge in [-0.1, -0.05) is 231 Å². The van der Waals surface area contributed by atoms with E-state index in [1.54, 1.807) is 0 Å². The monoisotopic (exact) mass is 871 g/mol. The minimum Gasteiger partial charge on any atom is -0.462 e. The number of allylic oxidation sites excluding steroid dienone is 6. The summed E-state index contributed by atoms with van der Waals surface area (Å²) in [4.78, 5) is 38.0. The topological polar surface area (TPSA) is 78.9 Å². The van der Waals surface area contributed by atoms with Crippen LogP contribution >= 0.6 is 0 Å². The fourth-order valence-electron chi connectivity index (χ4n) is 7.78. The molecule has 1 atom stereocenters. The summed E-state index contributed by atoms with van der Waals surface area (Å²) >= 11 is 0. The highest BCUT2D eigenvalue weighted by atomic mass is 16.6. The Bertz CT molecular complexity index is 1050. The number of hydrogen-bond acceptors (Lipinski definition) is 6. The van der Waals surface area contributed by atoms with Crippen molar-refractivity contribution in [3.05, 3.63) is 36.5 Å². The van der Waals surface area contributed by atoms with E-state index in [1.165, 1.54) is 180 Å². The lowest BCUT2D eigenvalue weighted by atomic mass is 10.0. The molecule has 62 heavy (non-hydrogen) atoms. The van der Waals surface area contributed by atoms with Crippen LogP contribution in [0.1, 0.15) is 284 Å². The van der Waals surface area contributed by atoms with E-state index in [0.717, 1.165) is 64.2 Å². The molecule has 362 valence electrons. The van der Waals surface area contributed by atoms with E-state index < -0.39 is 6.10 Å². The van der Waals surface area contributed by atoms with E-state index in [4.69, 9.17) is 14.2 Å². The molecule has 0 saturated heterocycles. The van der Waals surface area contributed by atoms with Gasteiger partial charge in [-0.3, -0.25) is 14.4 Å². The lowest BCUT2D eigenvalue weighted by molar-refractivity contribution is -0.167. The number of esters is 3. The van der Waals surface area contributed by atoms with Crippen molar-refractivity contribution in [3.8, 4) is 0 Å². The number of hydrogen-bond donors (Lipinski definition) is 0. The van der Waals surface area contributed by atoms with Crippen molar-refractivity contribution in [2.24, 2.45) is 0 Å². The van der Waals surface area contributed by atoms with E-state index in [-0.39, 0.29) is 31.1 Å². The van der Waals surface area contributed by atoms with Crippen LogP contribution in [0.2, 0.25) is 0 Å². The first-order valence-electron chi connectivity index (χ1n) is 27.0. The van der Waals surface area contributed by atoms with E-state index in [1.807, 2.05) is 0 Å². The van der Waals surface area contributed by atoms with Crippen LogP contribution in [0.15, 0.2) is 36.5 Å². The second-order valence-corrected chi connectivity index (χ2v) is 18.2. The first-order valence-corrected chi connectivity index (χ1v) is 27.0. The zero-order valence-electron chi connectivity index (χ0n) is 41.4. The largest absolute Gasteiger partial charge is 0.462 e. The Balaban J connectivity index is 4.36. The molecule has 0 heterocycles. The van der Waals surface area contributed by atoms with Crippen molar-refractivity contribution in [2.75, 3.05) is 13.2 Å². The van der Waals surface area contributed by atoms with Gasteiger partial charge in [-0.2, -0.15) is 0 Å². The van der Waals surface area contributed by atoms with Crippen LogP contribution in [0.3, 0.4) is 0 Å². The maximum absolute atomic E-state index is 12.8. The maximum Gasteiger partial charge on any atom is 0.306 e. The molecule has 6 nitrogen and oxygen atoms in total. The molecule has 0 aromatic carbocycles. The highest BCUT2D eigenvalue weighted by molar-refractivity contribution is 5.71. The Labute approximate surface area is 385 Å². The van der Waals surface area contributed by atoms with Crippen LogP contribution in [-0.4, -0.2) is 37.2 Å². The molecule has 0 rings (SSSR count). The average Bonchev–Trinajstić information content (AvgIpc) is 3.27. The molecule has 0 aliphatic heterocycles. The summed E-state index contributed by atoms with van der Waals surface area (Å²) in [6.45, 7) is 6.61. The molecule has 0 N–H and O–H groups in total. The fourth-order valence-corrected chi connectivity index (χ4v) is 7.78. The molecule has 1 unspecified atom stereocenters. The maximum atomic E-state index is 12.8. The lowest BCUT2D eigenvalue weighted by Crippen LogP contribution is -2.30. The fraction of sp³-hybridized carbons (Fsp3) is 0.839. The van der Waals surface area contributed by atoms with Crippen LogP contribution in [0, 0.1) is 0 Å². The van der Waals surface area contributed by atoms with Gasteiger partial charge in [0.1, 0.15) is 13.2 Å². The van der Waals surface area contributed by atoms with Gasteiger partial charge in [0.25, 0.3) is 0 Å². The quantitative estimate of drug-likeness (QED) is 0.0199. The number of carbonyl (C=O) groups is 3. The first kappa shape index (κ1) is 59.6. The Hall–Kier alpha value is -2.37. The third-order valence-corrected chi connectivity index (χ3v) is 11.9. The lowest BCUT2D eigenvalue weighted by Gasteiger charge is -2.18. The van der Waals surface area contributed by atoms with Crippen LogP contribution in [-0.2, 0) is 28.6 Å². The third-order valence-electron chi connectivity index (χ3n) is 11.9. The first-order chi connectivity index (χ1) is 30.5. The molecule has 0 bridgehead atoms. The molecule has 0 aromatic heterocycles. The normalized spacial score (nSPS) is 12.2. The van der Waals surface area contributed by atoms with Crippen molar-refractivity contribution in [2.45, 2.75) is 290 Å². The van der Waals surface area contributed by atoms with Gasteiger partial charge in [-0.25, -0.2) is 0 Å². The standard InChI is InChI=1S/C56H102O6/c1-4-7-10-13-16-19-22-25-27-28-30-31-34-37-40-43-46-49-55(58)61-52-53(51-60-54(57)48-45-42-39-36-33-24-21-18-15-12-9-6-3)62-56(59)50-47-44-41-38-35-32-29-26-23-20-17-14-11-8-5-2/h17,20,23,25-27,53H,4-16,18-19,21-22,24,28-52H2,1-3H3/b20-17-,26-23-,27-25-. The highest BCUT2D eigenvalue weighted by Gasteiger charge is 2.19. The van der Waals surface area contributed by atoms with Gasteiger partial charge in [0, 0.05) is 19.3 Å². The Morgan fingerprint density at radius 2 is 0.581 bits per heavy atom. The molecule has 0 saturated carbocycles. The van der Waals surface area contributed by atoms with Gasteiger partial charge in [0.15, 0.2) is 6.10 Å². The van der Waals surface area contributed by atoms with Gasteiger partial charge >= 0.3 is 17.9 Å². The summed E-state index contributed by atoms with van der Waals surface area (Å²) in [5.41, 5.74) is 0. The summed E-state index contributed by atoms with van der Waals surface area (Å²) in [5.74, 6) is -0.880. The van der Waals surface area contributed by atoms with Crippen LogP contribution in [0.5, 0.6) is 0 Å². The van der Waals surface area contributed by atoms with Crippen LogP contribution in [0.4, 0.5) is 0 Å². The number of unbranched alkanes of at least 4 members (excludes halogenated alkanes) is 33. The Kier molecular flexibility index (Phi) is 49.3. The number of rotatable bonds is 49. The summed E-state index contributed by atoms with van der Waals surface area (Å²) in [5, 5.41) is 0. The van der Waals surface area contributed by atoms with Crippen molar-refractivity contribution in [3.63, 3.8) is 0 Å². The van der Waals surface area contributed by atoms with Crippen molar-refractivity contribution < 1.29 is 28.6 Å². The van der Waals surface area contributed by atoms with Crippen molar-refractivity contribution >= 4 is 17.9 Å². The molecule has 0 radical (unpaired) electrons. The molecule has 0 aromatic rings. The Morgan fingerprint density at radius 1 is 0.323 bits per heavy atom. The van der Waals surface area contributed by atoms with Crippen molar-refractivity contribution in [1.82, 2.24) is 0 Å². The second-order valence-electron chi connectivity index (χ2n) is 18.2. The van der Waals surface area contributed by atoms with Gasteiger partial charge in [-0.05, 0) is 70.6 Å². The smallest absolute Gasteiger partial charge is 0.306 e. The molecule has 0 fully saturated rings. The number of carbonyl (C=O) groups excluding carboxylic acids is 3. The average molecular weight is 871 g/mol. The third kappa shape index (κ3) is 48.7. The summed E-state index contributed by atoms with van der Waals surface area (Å²) in [6.07, 6.45) is 59.8. The molecule has 0 aliphatic rings. The second kappa shape index (κ2) is 51.3. The number of ether oxygens (including phenoxy) is 3. The predicted molar refractivity (Wildman–Crippen MR) is 266 cm³/mol. The van der Waals surface area contributed by atoms with Gasteiger partial charge in [-0.15, -0.1) is 0 Å². The molecule has 6 heteroatoms. The van der Waals surface area contributed by atoms with Crippen molar-refractivity contribution in [1.29, 1.82) is 0 Å². The van der Waals surface area contributed by atoms with E-state index in [2.05, 4.69) is 57.2 Å². The highest BCUT2D eigenvalue weighted by Crippen LogP contribution is 2.15. The minimum atomic E-state index is -0.776. The Morgan fingerprint density at radius 3 is 0.935 bits per heavy atom. The molecule has 0 amide bonds. The van der Waals surface area contributed by atoms with Crippen LogP contribution < -0.4 is 0 Å². The van der Waals surface area contributed by atoms with Gasteiger partial charge in [0.05, 0.1) is 0 Å². The van der Waals surface area contributed by atoms with Crippen LogP contribution in [0.25, 0.3) is 0 Å². The van der Waals surface area contributed by atoms with Gasteiger partial charge in [0.2, 0.25) is 0 Å². The zero-order chi connectivity index (χ0) is 45.1. The van der Waals surface area contributed by atoms with E-state index >= 15 is 0 Å². The summed E-state index contributed by atoms with van der Waals surface area (Å²) in [6, 6.07) is 0. The SMILES string of the molecule is CCCCC/C=C\C=C/CCCCCCCCC(=O)OC(COC(=O)CCCCCCCCC/C=C\CCCCCCCC)COC(=O)CCCCCCCCCCCCCC. The summed E-state index contributed by atoms with van der Waals surface area (Å²) < 4.78 is 16.8. The van der Waals surface area contributed by atoms with E-state index in [9.17, 15) is 14.4 Å². The zero-order valence-corrected chi connectivity index (χ0v) is 41.4.